The molecule has 4 heteroatoms. The predicted octanol–water partition coefficient (Wildman–Crippen LogP) is 11.1. The van der Waals surface area contributed by atoms with Crippen molar-refractivity contribution in [1.29, 1.82) is 0 Å². The van der Waals surface area contributed by atoms with E-state index in [-0.39, 0.29) is 0 Å². The molecule has 0 unspecified atom stereocenters. The molecule has 0 N–H and O–H groups in total. The maximum absolute atomic E-state index is 5.52. The molecule has 1 aliphatic rings. The van der Waals surface area contributed by atoms with Crippen LogP contribution in [0.1, 0.15) is 22.5 Å². The molecular weight excluding hydrogens is 603 g/mol. The Morgan fingerprint density at radius 2 is 1.06 bits per heavy atom. The summed E-state index contributed by atoms with van der Waals surface area (Å²) in [5, 5.41) is 4.81. The van der Waals surface area contributed by atoms with Crippen molar-refractivity contribution in [2.45, 2.75) is 5.41 Å². The number of rotatable bonds is 4. The van der Waals surface area contributed by atoms with E-state index in [0.29, 0.717) is 11.6 Å². The Balaban J connectivity index is 1.33. The van der Waals surface area contributed by atoms with Crippen molar-refractivity contribution in [3.63, 3.8) is 0 Å². The van der Waals surface area contributed by atoms with Crippen LogP contribution in [0.2, 0.25) is 0 Å². The topological polar surface area (TPSA) is 38.7 Å². The monoisotopic (exact) mass is 629 g/mol. The van der Waals surface area contributed by atoms with Gasteiger partial charge in [0, 0.05) is 31.3 Å². The summed E-state index contributed by atoms with van der Waals surface area (Å²) in [5.74, 6) is 2.06. The third kappa shape index (κ3) is 3.90. The fourth-order valence-corrected chi connectivity index (χ4v) is 8.86. The van der Waals surface area contributed by atoms with Crippen LogP contribution in [0.3, 0.4) is 0 Å². The van der Waals surface area contributed by atoms with Gasteiger partial charge in [0.05, 0.1) is 0 Å². The summed E-state index contributed by atoms with van der Waals surface area (Å²) in [6, 6.07) is 58.2. The molecule has 2 heterocycles. The second-order valence-electron chi connectivity index (χ2n) is 12.4. The summed E-state index contributed by atoms with van der Waals surface area (Å²) in [4.78, 5) is 16.3. The standard InChI is InChI=1S/C44H27N3S/c1-2-15-31(16-3-1)44(37-22-9-6-17-32(37)33-18-7-10-23-38(33)44)43-46-41(30-26-25-28-13-4-5-14-29(28)27-30)45-42(47-43)36-21-12-20-35-34-19-8-11-24-39(34)48-40(35)36/h1-27H. The number of fused-ring (bicyclic) bond motifs is 7. The molecule has 224 valence electrons. The molecule has 0 saturated carbocycles. The van der Waals surface area contributed by atoms with Crippen LogP contribution >= 0.6 is 11.3 Å². The van der Waals surface area contributed by atoms with Crippen molar-refractivity contribution < 1.29 is 0 Å². The Morgan fingerprint density at radius 1 is 0.438 bits per heavy atom. The first-order chi connectivity index (χ1) is 23.8. The number of thiophene rings is 1. The van der Waals surface area contributed by atoms with E-state index in [4.69, 9.17) is 15.0 Å². The van der Waals surface area contributed by atoms with Crippen LogP contribution in [0.15, 0.2) is 164 Å². The van der Waals surface area contributed by atoms with Crippen LogP contribution in [-0.4, -0.2) is 15.0 Å². The zero-order valence-electron chi connectivity index (χ0n) is 25.8. The van der Waals surface area contributed by atoms with Crippen molar-refractivity contribution in [3.05, 3.63) is 186 Å². The molecule has 0 saturated heterocycles. The highest BCUT2D eigenvalue weighted by atomic mass is 32.1. The van der Waals surface area contributed by atoms with Gasteiger partial charge in [-0.2, -0.15) is 0 Å². The molecule has 0 aliphatic heterocycles. The normalized spacial score (nSPS) is 13.2. The predicted molar refractivity (Wildman–Crippen MR) is 198 cm³/mol. The average molecular weight is 630 g/mol. The van der Waals surface area contributed by atoms with Gasteiger partial charge in [-0.05, 0) is 56.8 Å². The molecule has 48 heavy (non-hydrogen) atoms. The number of aromatic nitrogens is 3. The molecule has 10 rings (SSSR count). The molecule has 1 aliphatic carbocycles. The van der Waals surface area contributed by atoms with Crippen LogP contribution in [0.4, 0.5) is 0 Å². The number of benzene rings is 7. The fourth-order valence-electron chi connectivity index (χ4n) is 7.65. The van der Waals surface area contributed by atoms with E-state index in [2.05, 4.69) is 164 Å². The summed E-state index contributed by atoms with van der Waals surface area (Å²) in [5.41, 5.74) is 7.14. The third-order valence-corrected chi connectivity index (χ3v) is 11.0. The van der Waals surface area contributed by atoms with E-state index in [0.717, 1.165) is 27.9 Å². The molecule has 9 aromatic rings. The van der Waals surface area contributed by atoms with Crippen molar-refractivity contribution >= 4 is 42.3 Å². The average Bonchev–Trinajstić information content (AvgIpc) is 3.69. The molecule has 0 atom stereocenters. The van der Waals surface area contributed by atoms with E-state index in [1.54, 1.807) is 11.3 Å². The molecule has 7 aromatic carbocycles. The van der Waals surface area contributed by atoms with Crippen LogP contribution < -0.4 is 0 Å². The minimum absolute atomic E-state index is 0.663. The summed E-state index contributed by atoms with van der Waals surface area (Å²) in [6.07, 6.45) is 0. The zero-order valence-corrected chi connectivity index (χ0v) is 26.7. The number of nitrogens with zero attached hydrogens (tertiary/aromatic N) is 3. The summed E-state index contributed by atoms with van der Waals surface area (Å²) >= 11 is 1.80. The molecule has 0 bridgehead atoms. The van der Waals surface area contributed by atoms with Crippen molar-refractivity contribution in [2.75, 3.05) is 0 Å². The molecule has 3 nitrogen and oxygen atoms in total. The van der Waals surface area contributed by atoms with Gasteiger partial charge in [0.25, 0.3) is 0 Å². The van der Waals surface area contributed by atoms with Gasteiger partial charge in [0.15, 0.2) is 17.5 Å². The zero-order chi connectivity index (χ0) is 31.7. The van der Waals surface area contributed by atoms with E-state index in [1.807, 2.05) is 0 Å². The van der Waals surface area contributed by atoms with Gasteiger partial charge in [0.2, 0.25) is 0 Å². The lowest BCUT2D eigenvalue weighted by Gasteiger charge is -2.32. The smallest absolute Gasteiger partial charge is 0.165 e. The Labute approximate surface area is 281 Å². The number of hydrogen-bond donors (Lipinski definition) is 0. The Bertz CT molecular complexity index is 2650. The van der Waals surface area contributed by atoms with Gasteiger partial charge < -0.3 is 0 Å². The fraction of sp³-hybridized carbons (Fsp3) is 0.0227. The lowest BCUT2D eigenvalue weighted by atomic mass is 9.71. The van der Waals surface area contributed by atoms with Gasteiger partial charge in [-0.25, -0.2) is 15.0 Å². The van der Waals surface area contributed by atoms with Gasteiger partial charge in [-0.1, -0.05) is 146 Å². The third-order valence-electron chi connectivity index (χ3n) is 9.78. The molecule has 0 fully saturated rings. The first kappa shape index (κ1) is 27.2. The van der Waals surface area contributed by atoms with Crippen LogP contribution in [-0.2, 0) is 5.41 Å². The quantitative estimate of drug-likeness (QED) is 0.194. The second-order valence-corrected chi connectivity index (χ2v) is 13.4. The summed E-state index contributed by atoms with van der Waals surface area (Å²) < 4.78 is 2.43. The van der Waals surface area contributed by atoms with E-state index in [1.165, 1.54) is 47.8 Å². The first-order valence-electron chi connectivity index (χ1n) is 16.2. The SMILES string of the molecule is c1ccc(C2(c3nc(-c4ccc5ccccc5c4)nc(-c4cccc5c4sc4ccccc45)n3)c3ccccc3-c3ccccc32)cc1. The highest BCUT2D eigenvalue weighted by Gasteiger charge is 2.48. The summed E-state index contributed by atoms with van der Waals surface area (Å²) in [7, 11) is 0. The van der Waals surface area contributed by atoms with Gasteiger partial charge in [0.1, 0.15) is 5.41 Å². The minimum atomic E-state index is -0.744. The van der Waals surface area contributed by atoms with Crippen LogP contribution in [0, 0.1) is 0 Å². The number of hydrogen-bond acceptors (Lipinski definition) is 4. The highest BCUT2D eigenvalue weighted by molar-refractivity contribution is 7.26. The van der Waals surface area contributed by atoms with Crippen LogP contribution in [0.5, 0.6) is 0 Å². The van der Waals surface area contributed by atoms with Gasteiger partial charge in [-0.15, -0.1) is 11.3 Å². The minimum Gasteiger partial charge on any atom is -0.211 e. The summed E-state index contributed by atoms with van der Waals surface area (Å²) in [6.45, 7) is 0. The Kier molecular flexibility index (Phi) is 5.96. The molecule has 2 aromatic heterocycles. The first-order valence-corrected chi connectivity index (χ1v) is 17.0. The largest absolute Gasteiger partial charge is 0.211 e. The molecular formula is C44H27N3S. The van der Waals surface area contributed by atoms with E-state index in [9.17, 15) is 0 Å². The van der Waals surface area contributed by atoms with Crippen molar-refractivity contribution in [3.8, 4) is 33.9 Å². The van der Waals surface area contributed by atoms with E-state index < -0.39 is 5.41 Å². The molecule has 0 spiro atoms. The lowest BCUT2D eigenvalue weighted by molar-refractivity contribution is 0.692. The van der Waals surface area contributed by atoms with Gasteiger partial charge >= 0.3 is 0 Å². The Morgan fingerprint density at radius 3 is 1.88 bits per heavy atom. The van der Waals surface area contributed by atoms with E-state index >= 15 is 0 Å². The molecule has 0 radical (unpaired) electrons. The van der Waals surface area contributed by atoms with Crippen molar-refractivity contribution in [2.24, 2.45) is 0 Å². The van der Waals surface area contributed by atoms with Crippen LogP contribution in [0.25, 0.3) is 64.8 Å². The maximum Gasteiger partial charge on any atom is 0.165 e. The maximum atomic E-state index is 5.52. The lowest BCUT2D eigenvalue weighted by Crippen LogP contribution is -2.31. The highest BCUT2D eigenvalue weighted by Crippen LogP contribution is 2.55. The van der Waals surface area contributed by atoms with Gasteiger partial charge in [-0.3, -0.25) is 0 Å². The Hall–Kier alpha value is -5.97. The second kappa shape index (κ2) is 10.5. The van der Waals surface area contributed by atoms with Crippen molar-refractivity contribution in [1.82, 2.24) is 15.0 Å². The molecule has 0 amide bonds.